The van der Waals surface area contributed by atoms with Crippen LogP contribution in [-0.4, -0.2) is 19.5 Å². The first-order valence-corrected chi connectivity index (χ1v) is 8.58. The number of nitrogens with one attached hydrogen (secondary N) is 2. The van der Waals surface area contributed by atoms with Crippen LogP contribution in [0, 0.1) is 27.7 Å². The van der Waals surface area contributed by atoms with Crippen molar-refractivity contribution in [1.82, 2.24) is 0 Å². The molecule has 0 aliphatic rings. The molecule has 0 radical (unpaired) electrons. The van der Waals surface area contributed by atoms with Crippen LogP contribution >= 0.6 is 11.6 Å². The Morgan fingerprint density at radius 2 is 1.71 bits per heavy atom. The lowest BCUT2D eigenvalue weighted by Crippen LogP contribution is -3.08. The Balaban J connectivity index is 1.99. The first kappa shape index (κ1) is 18.5. The van der Waals surface area contributed by atoms with Crippen molar-refractivity contribution in [1.29, 1.82) is 0 Å². The Labute approximate surface area is 149 Å². The third kappa shape index (κ3) is 4.83. The number of anilines is 1. The van der Waals surface area contributed by atoms with E-state index < -0.39 is 0 Å². The molecule has 0 heterocycles. The highest BCUT2D eigenvalue weighted by atomic mass is 35.5. The van der Waals surface area contributed by atoms with Crippen LogP contribution in [0.3, 0.4) is 0 Å². The minimum absolute atomic E-state index is 0.0221. The fourth-order valence-corrected chi connectivity index (χ4v) is 3.33. The van der Waals surface area contributed by atoms with Gasteiger partial charge in [0.1, 0.15) is 6.54 Å². The monoisotopic (exact) mass is 345 g/mol. The summed E-state index contributed by atoms with van der Waals surface area (Å²) >= 11 is 6.26. The van der Waals surface area contributed by atoms with E-state index in [1.807, 2.05) is 33.0 Å². The maximum Gasteiger partial charge on any atom is 0.279 e. The highest BCUT2D eigenvalue weighted by molar-refractivity contribution is 6.34. The van der Waals surface area contributed by atoms with Crippen LogP contribution in [0.1, 0.15) is 27.8 Å². The summed E-state index contributed by atoms with van der Waals surface area (Å²) in [7, 11) is 2.03. The number of halogens is 1. The molecule has 128 valence electrons. The summed E-state index contributed by atoms with van der Waals surface area (Å²) < 4.78 is 0. The first-order chi connectivity index (χ1) is 11.3. The smallest absolute Gasteiger partial charge is 0.279 e. The zero-order valence-electron chi connectivity index (χ0n) is 15.1. The molecule has 0 aliphatic carbocycles. The topological polar surface area (TPSA) is 33.5 Å². The molecule has 2 rings (SSSR count). The van der Waals surface area contributed by atoms with E-state index >= 15 is 0 Å². The summed E-state index contributed by atoms with van der Waals surface area (Å²) in [6.45, 7) is 9.38. The number of quaternary nitrogens is 1. The first-order valence-electron chi connectivity index (χ1n) is 8.20. The molecule has 0 spiro atoms. The molecule has 0 saturated heterocycles. The lowest BCUT2D eigenvalue weighted by Gasteiger charge is -2.17. The molecule has 0 fully saturated rings. The van der Waals surface area contributed by atoms with Gasteiger partial charge in [-0.05, 0) is 50.5 Å². The van der Waals surface area contributed by atoms with Crippen LogP contribution in [0.4, 0.5) is 5.69 Å². The highest BCUT2D eigenvalue weighted by Crippen LogP contribution is 2.27. The summed E-state index contributed by atoms with van der Waals surface area (Å²) in [6, 6.07) is 10.3. The summed E-state index contributed by atoms with van der Waals surface area (Å²) in [4.78, 5) is 13.5. The van der Waals surface area contributed by atoms with E-state index in [2.05, 4.69) is 37.4 Å². The van der Waals surface area contributed by atoms with Gasteiger partial charge in [-0.2, -0.15) is 0 Å². The Hall–Kier alpha value is -1.84. The number of carbonyl (C=O) groups excluding carboxylic acids is 1. The average molecular weight is 346 g/mol. The quantitative estimate of drug-likeness (QED) is 0.857. The van der Waals surface area contributed by atoms with Crippen molar-refractivity contribution in [2.45, 2.75) is 34.2 Å². The second kappa shape index (κ2) is 7.82. The molecule has 24 heavy (non-hydrogen) atoms. The fourth-order valence-electron chi connectivity index (χ4n) is 2.96. The zero-order valence-corrected chi connectivity index (χ0v) is 15.8. The van der Waals surface area contributed by atoms with Gasteiger partial charge in [0, 0.05) is 5.56 Å². The van der Waals surface area contributed by atoms with Crippen molar-refractivity contribution in [3.8, 4) is 0 Å². The van der Waals surface area contributed by atoms with E-state index in [0.717, 1.165) is 22.6 Å². The van der Waals surface area contributed by atoms with E-state index in [9.17, 15) is 4.79 Å². The Morgan fingerprint density at radius 1 is 1.04 bits per heavy atom. The van der Waals surface area contributed by atoms with Gasteiger partial charge in [-0.25, -0.2) is 0 Å². The van der Waals surface area contributed by atoms with Crippen LogP contribution in [0.25, 0.3) is 0 Å². The van der Waals surface area contributed by atoms with Gasteiger partial charge in [-0.3, -0.25) is 4.79 Å². The summed E-state index contributed by atoms with van der Waals surface area (Å²) in [6.07, 6.45) is 0. The number of aryl methyl sites for hydroxylation is 4. The standard InChI is InChI=1S/C20H25ClN2O/c1-13-6-7-17(15(3)8-13)11-23(5)12-19(24)22-20-16(4)9-14(2)10-18(20)21/h6-10H,11-12H2,1-5H3,(H,22,24)/p+1. The third-order valence-electron chi connectivity index (χ3n) is 4.15. The largest absolute Gasteiger partial charge is 0.326 e. The van der Waals surface area contributed by atoms with Gasteiger partial charge in [0.25, 0.3) is 5.91 Å². The number of rotatable bonds is 5. The lowest BCUT2D eigenvalue weighted by atomic mass is 10.1. The number of hydrogen-bond donors (Lipinski definition) is 2. The van der Waals surface area contributed by atoms with E-state index in [-0.39, 0.29) is 5.91 Å². The molecule has 4 heteroatoms. The summed E-state index contributed by atoms with van der Waals surface area (Å²) in [5.41, 5.74) is 6.60. The number of carbonyl (C=O) groups is 1. The van der Waals surface area contributed by atoms with Crippen molar-refractivity contribution in [2.75, 3.05) is 18.9 Å². The summed E-state index contributed by atoms with van der Waals surface area (Å²) in [5, 5.41) is 3.55. The zero-order chi connectivity index (χ0) is 17.9. The van der Waals surface area contributed by atoms with Crippen LogP contribution in [0.15, 0.2) is 30.3 Å². The predicted octanol–water partition coefficient (Wildman–Crippen LogP) is 3.23. The molecule has 1 amide bonds. The third-order valence-corrected chi connectivity index (χ3v) is 4.45. The van der Waals surface area contributed by atoms with Gasteiger partial charge < -0.3 is 10.2 Å². The van der Waals surface area contributed by atoms with Gasteiger partial charge in [0.15, 0.2) is 6.54 Å². The Morgan fingerprint density at radius 3 is 2.33 bits per heavy atom. The number of benzene rings is 2. The molecule has 0 aromatic heterocycles. The van der Waals surface area contributed by atoms with E-state index in [0.29, 0.717) is 17.3 Å². The van der Waals surface area contributed by atoms with Gasteiger partial charge in [0.2, 0.25) is 0 Å². The Kier molecular flexibility index (Phi) is 6.03. The van der Waals surface area contributed by atoms with Gasteiger partial charge in [-0.1, -0.05) is 41.4 Å². The molecule has 1 atom stereocenters. The van der Waals surface area contributed by atoms with Crippen LogP contribution in [0.2, 0.25) is 5.02 Å². The van der Waals surface area contributed by atoms with Crippen molar-refractivity contribution >= 4 is 23.2 Å². The molecule has 2 aromatic carbocycles. The minimum atomic E-state index is -0.0221. The van der Waals surface area contributed by atoms with Crippen molar-refractivity contribution in [3.63, 3.8) is 0 Å². The van der Waals surface area contributed by atoms with E-state index in [1.54, 1.807) is 0 Å². The molecule has 2 N–H and O–H groups in total. The maximum atomic E-state index is 12.4. The summed E-state index contributed by atoms with van der Waals surface area (Å²) in [5.74, 6) is -0.0221. The van der Waals surface area contributed by atoms with Crippen molar-refractivity contribution < 1.29 is 9.69 Å². The SMILES string of the molecule is Cc1ccc(C[NH+](C)CC(=O)Nc2c(C)cc(C)cc2Cl)c(C)c1. The van der Waals surface area contributed by atoms with Crippen LogP contribution in [-0.2, 0) is 11.3 Å². The normalized spacial score (nSPS) is 12.1. The molecular formula is C20H26ClN2O+. The molecule has 1 unspecified atom stereocenters. The molecule has 0 bridgehead atoms. The van der Waals surface area contributed by atoms with Gasteiger partial charge in [0.05, 0.1) is 17.8 Å². The van der Waals surface area contributed by atoms with Crippen LogP contribution < -0.4 is 10.2 Å². The van der Waals surface area contributed by atoms with E-state index in [1.165, 1.54) is 16.7 Å². The van der Waals surface area contributed by atoms with Crippen molar-refractivity contribution in [3.05, 3.63) is 63.2 Å². The Bertz CT molecular complexity index is 732. The number of hydrogen-bond acceptors (Lipinski definition) is 1. The molecule has 0 saturated carbocycles. The second-order valence-corrected chi connectivity index (χ2v) is 7.13. The van der Waals surface area contributed by atoms with Crippen molar-refractivity contribution in [2.24, 2.45) is 0 Å². The fraction of sp³-hybridized carbons (Fsp3) is 0.350. The molecule has 0 aliphatic heterocycles. The van der Waals surface area contributed by atoms with Crippen LogP contribution in [0.5, 0.6) is 0 Å². The lowest BCUT2D eigenvalue weighted by molar-refractivity contribution is -0.885. The molecule has 2 aromatic rings. The number of amides is 1. The molecule has 3 nitrogen and oxygen atoms in total. The maximum absolute atomic E-state index is 12.4. The number of likely N-dealkylation sites (N-methyl/N-ethyl adjacent to an activating group) is 1. The highest BCUT2D eigenvalue weighted by Gasteiger charge is 2.14. The second-order valence-electron chi connectivity index (χ2n) is 6.73. The average Bonchev–Trinajstić information content (AvgIpc) is 2.45. The van der Waals surface area contributed by atoms with Gasteiger partial charge in [-0.15, -0.1) is 0 Å². The minimum Gasteiger partial charge on any atom is -0.326 e. The van der Waals surface area contributed by atoms with E-state index in [4.69, 9.17) is 11.6 Å². The predicted molar refractivity (Wildman–Crippen MR) is 101 cm³/mol. The van der Waals surface area contributed by atoms with Gasteiger partial charge >= 0.3 is 0 Å². The molecular weight excluding hydrogens is 320 g/mol.